The molecule has 3 nitrogen and oxygen atoms in total. The molecule has 0 saturated heterocycles. The van der Waals surface area contributed by atoms with Crippen LogP contribution in [0.15, 0.2) is 71.5 Å². The molecule has 1 aliphatic rings. The molecule has 0 spiro atoms. The minimum absolute atomic E-state index is 0.0553. The molecule has 0 saturated carbocycles. The molecule has 0 aliphatic carbocycles. The lowest BCUT2D eigenvalue weighted by Crippen LogP contribution is -2.45. The molecule has 1 unspecified atom stereocenters. The summed E-state index contributed by atoms with van der Waals surface area (Å²) in [5.74, 6) is 0.795. The number of hydrogen-bond acceptors (Lipinski definition) is 4. The van der Waals surface area contributed by atoms with Crippen LogP contribution in [-0.2, 0) is 6.54 Å². The summed E-state index contributed by atoms with van der Waals surface area (Å²) in [6, 6.07) is 10.9. The third kappa shape index (κ3) is 4.28. The standard InChI is InChI=1S/C21H24FN3S/c1-4-26-21-13-16(2)12-20(24(3)19-8-10-23-11-9-19)25(21)15-17-6-5-7-18(22)14-17/h5-14,20H,4,15H2,1-3H3. The summed E-state index contributed by atoms with van der Waals surface area (Å²) in [6.45, 7) is 4.94. The second kappa shape index (κ2) is 8.41. The number of likely N-dealkylation sites (N-methyl/N-ethyl adjacent to an activating group) is 1. The second-order valence-corrected chi connectivity index (χ2v) is 7.60. The lowest BCUT2D eigenvalue weighted by Gasteiger charge is -2.42. The molecule has 1 aliphatic heterocycles. The summed E-state index contributed by atoms with van der Waals surface area (Å²) in [5.41, 5.74) is 3.30. The van der Waals surface area contributed by atoms with E-state index in [0.29, 0.717) is 6.54 Å². The Kier molecular flexibility index (Phi) is 5.99. The predicted octanol–water partition coefficient (Wildman–Crippen LogP) is 5.04. The molecule has 0 N–H and O–H groups in total. The van der Waals surface area contributed by atoms with Crippen molar-refractivity contribution in [2.75, 3.05) is 17.7 Å². The van der Waals surface area contributed by atoms with Crippen molar-refractivity contribution >= 4 is 17.4 Å². The van der Waals surface area contributed by atoms with Crippen LogP contribution in [0.5, 0.6) is 0 Å². The summed E-state index contributed by atoms with van der Waals surface area (Å²) in [4.78, 5) is 8.68. The molecule has 136 valence electrons. The fourth-order valence-corrected chi connectivity index (χ4v) is 4.01. The van der Waals surface area contributed by atoms with Crippen molar-refractivity contribution in [3.05, 3.63) is 82.9 Å². The number of thioether (sulfide) groups is 1. The molecule has 0 fully saturated rings. The van der Waals surface area contributed by atoms with Gasteiger partial charge in [0.15, 0.2) is 0 Å². The van der Waals surface area contributed by atoms with Crippen molar-refractivity contribution in [3.8, 4) is 0 Å². The number of aromatic nitrogens is 1. The van der Waals surface area contributed by atoms with Gasteiger partial charge in [-0.2, -0.15) is 0 Å². The highest BCUT2D eigenvalue weighted by atomic mass is 32.2. The maximum Gasteiger partial charge on any atom is 0.123 e. The summed E-state index contributed by atoms with van der Waals surface area (Å²) in [5, 5.41) is 1.21. The Morgan fingerprint density at radius 1 is 1.23 bits per heavy atom. The van der Waals surface area contributed by atoms with Crippen LogP contribution < -0.4 is 4.90 Å². The monoisotopic (exact) mass is 369 g/mol. The number of allylic oxidation sites excluding steroid dienone is 2. The van der Waals surface area contributed by atoms with Crippen molar-refractivity contribution in [3.63, 3.8) is 0 Å². The van der Waals surface area contributed by atoms with Crippen LogP contribution in [0.4, 0.5) is 10.1 Å². The maximum absolute atomic E-state index is 13.7. The summed E-state index contributed by atoms with van der Waals surface area (Å²) < 4.78 is 13.7. The van der Waals surface area contributed by atoms with Gasteiger partial charge in [0.2, 0.25) is 0 Å². The van der Waals surface area contributed by atoms with Crippen LogP contribution in [0.2, 0.25) is 0 Å². The third-order valence-electron chi connectivity index (χ3n) is 4.37. The van der Waals surface area contributed by atoms with E-state index in [0.717, 1.165) is 17.0 Å². The first-order valence-corrected chi connectivity index (χ1v) is 9.74. The first-order valence-electron chi connectivity index (χ1n) is 8.75. The normalized spacial score (nSPS) is 16.9. The molecule has 1 atom stereocenters. The van der Waals surface area contributed by atoms with Gasteiger partial charge < -0.3 is 9.80 Å². The van der Waals surface area contributed by atoms with Gasteiger partial charge in [0.05, 0.1) is 5.03 Å². The van der Waals surface area contributed by atoms with E-state index in [1.54, 1.807) is 24.5 Å². The van der Waals surface area contributed by atoms with Crippen LogP contribution in [0.1, 0.15) is 19.4 Å². The van der Waals surface area contributed by atoms with Crippen LogP contribution in [-0.4, -0.2) is 28.9 Å². The first-order chi connectivity index (χ1) is 12.6. The van der Waals surface area contributed by atoms with Gasteiger partial charge in [-0.15, -0.1) is 11.8 Å². The second-order valence-electron chi connectivity index (χ2n) is 6.31. The van der Waals surface area contributed by atoms with Gasteiger partial charge in [-0.3, -0.25) is 4.98 Å². The van der Waals surface area contributed by atoms with Gasteiger partial charge in [0.1, 0.15) is 12.0 Å². The molecular formula is C21H24FN3S. The molecule has 0 bridgehead atoms. The predicted molar refractivity (Wildman–Crippen MR) is 108 cm³/mol. The van der Waals surface area contributed by atoms with Gasteiger partial charge in [-0.05, 0) is 60.2 Å². The highest BCUT2D eigenvalue weighted by Gasteiger charge is 2.26. The van der Waals surface area contributed by atoms with Gasteiger partial charge in [-0.1, -0.05) is 19.1 Å². The van der Waals surface area contributed by atoms with E-state index >= 15 is 0 Å². The Hall–Kier alpha value is -2.27. The van der Waals surface area contributed by atoms with Gasteiger partial charge in [0, 0.05) is 31.7 Å². The molecule has 1 aromatic carbocycles. The topological polar surface area (TPSA) is 19.4 Å². The molecule has 0 radical (unpaired) electrons. The van der Waals surface area contributed by atoms with Crippen molar-refractivity contribution in [1.82, 2.24) is 9.88 Å². The molecule has 5 heteroatoms. The van der Waals surface area contributed by atoms with Gasteiger partial charge >= 0.3 is 0 Å². The van der Waals surface area contributed by atoms with E-state index in [9.17, 15) is 4.39 Å². The van der Waals surface area contributed by atoms with Crippen LogP contribution in [0, 0.1) is 5.82 Å². The zero-order valence-electron chi connectivity index (χ0n) is 15.4. The maximum atomic E-state index is 13.7. The molecule has 26 heavy (non-hydrogen) atoms. The first kappa shape index (κ1) is 18.5. The van der Waals surface area contributed by atoms with Crippen molar-refractivity contribution in [1.29, 1.82) is 0 Å². The smallest absolute Gasteiger partial charge is 0.123 e. The minimum Gasteiger partial charge on any atom is -0.351 e. The molecular weight excluding hydrogens is 345 g/mol. The van der Waals surface area contributed by atoms with E-state index in [2.05, 4.69) is 47.8 Å². The molecule has 2 heterocycles. The van der Waals surface area contributed by atoms with E-state index in [1.165, 1.54) is 16.7 Å². The van der Waals surface area contributed by atoms with Gasteiger partial charge in [-0.25, -0.2) is 4.39 Å². The molecule has 0 amide bonds. The van der Waals surface area contributed by atoms with Crippen LogP contribution >= 0.6 is 11.8 Å². The number of nitrogens with zero attached hydrogens (tertiary/aromatic N) is 3. The lowest BCUT2D eigenvalue weighted by molar-refractivity contribution is 0.295. The largest absolute Gasteiger partial charge is 0.351 e. The Balaban J connectivity index is 1.94. The molecule has 3 rings (SSSR count). The number of benzene rings is 1. The third-order valence-corrected chi connectivity index (χ3v) is 5.30. The summed E-state index contributed by atoms with van der Waals surface area (Å²) in [7, 11) is 2.09. The molecule has 1 aromatic heterocycles. The highest BCUT2D eigenvalue weighted by Crippen LogP contribution is 2.33. The average Bonchev–Trinajstić information content (AvgIpc) is 2.64. The number of anilines is 1. The van der Waals surface area contributed by atoms with Crippen molar-refractivity contribution in [2.45, 2.75) is 26.6 Å². The Labute approximate surface area is 159 Å². The van der Waals surface area contributed by atoms with Crippen molar-refractivity contribution < 1.29 is 4.39 Å². The highest BCUT2D eigenvalue weighted by molar-refractivity contribution is 8.02. The summed E-state index contributed by atoms with van der Waals surface area (Å²) in [6.07, 6.45) is 8.13. The van der Waals surface area contributed by atoms with E-state index in [-0.39, 0.29) is 12.0 Å². The van der Waals surface area contributed by atoms with E-state index in [1.807, 2.05) is 30.0 Å². The summed E-state index contributed by atoms with van der Waals surface area (Å²) >= 11 is 1.82. The lowest BCUT2D eigenvalue weighted by atomic mass is 10.1. The fourth-order valence-electron chi connectivity index (χ4n) is 3.11. The van der Waals surface area contributed by atoms with Gasteiger partial charge in [0.25, 0.3) is 0 Å². The number of rotatable bonds is 6. The fraction of sp³-hybridized carbons (Fsp3) is 0.286. The number of halogens is 1. The zero-order chi connectivity index (χ0) is 18.5. The SMILES string of the molecule is CCSC1=CC(C)=CC(N(C)c2ccncc2)N1Cc1cccc(F)c1. The minimum atomic E-state index is -0.195. The quantitative estimate of drug-likeness (QED) is 0.710. The zero-order valence-corrected chi connectivity index (χ0v) is 16.2. The van der Waals surface area contributed by atoms with Crippen LogP contribution in [0.3, 0.4) is 0 Å². The van der Waals surface area contributed by atoms with E-state index < -0.39 is 0 Å². The number of pyridine rings is 1. The Bertz CT molecular complexity index is 804. The Morgan fingerprint density at radius 3 is 2.69 bits per heavy atom. The Morgan fingerprint density at radius 2 is 2.00 bits per heavy atom. The average molecular weight is 370 g/mol. The van der Waals surface area contributed by atoms with Crippen LogP contribution in [0.25, 0.3) is 0 Å². The number of hydrogen-bond donors (Lipinski definition) is 0. The van der Waals surface area contributed by atoms with E-state index in [4.69, 9.17) is 0 Å². The molecule has 2 aromatic rings. The van der Waals surface area contributed by atoms with Crippen molar-refractivity contribution in [2.24, 2.45) is 0 Å².